The van der Waals surface area contributed by atoms with Crippen molar-refractivity contribution in [1.29, 1.82) is 5.26 Å². The highest BCUT2D eigenvalue weighted by Crippen LogP contribution is 2.30. The molecule has 2 heterocycles. The zero-order chi connectivity index (χ0) is 16.1. The Hall–Kier alpha value is -1.64. The van der Waals surface area contributed by atoms with E-state index in [1.807, 2.05) is 6.07 Å². The van der Waals surface area contributed by atoms with Crippen molar-refractivity contribution in [3.05, 3.63) is 23.9 Å². The smallest absolute Gasteiger partial charge is 0.125 e. The van der Waals surface area contributed by atoms with E-state index < -0.39 is 5.60 Å². The van der Waals surface area contributed by atoms with Crippen LogP contribution in [0.15, 0.2) is 18.3 Å². The van der Waals surface area contributed by atoms with E-state index in [-0.39, 0.29) is 0 Å². The van der Waals surface area contributed by atoms with Crippen LogP contribution in [0.3, 0.4) is 0 Å². The summed E-state index contributed by atoms with van der Waals surface area (Å²) in [6.45, 7) is 3.85. The minimum atomic E-state index is -0.449. The molecule has 1 aliphatic carbocycles. The molecule has 5 nitrogen and oxygen atoms in total. The van der Waals surface area contributed by atoms with Crippen molar-refractivity contribution in [2.24, 2.45) is 5.92 Å². The lowest BCUT2D eigenvalue weighted by Crippen LogP contribution is -2.43. The Bertz CT molecular complexity index is 545. The van der Waals surface area contributed by atoms with E-state index in [2.05, 4.69) is 21.3 Å². The molecule has 2 N–H and O–H groups in total. The number of aromatic nitrogens is 1. The average Bonchev–Trinajstić information content (AvgIpc) is 3.01. The molecule has 0 unspecified atom stereocenters. The van der Waals surface area contributed by atoms with Crippen molar-refractivity contribution in [2.75, 3.05) is 31.5 Å². The third-order valence-electron chi connectivity index (χ3n) is 5.14. The first-order valence-corrected chi connectivity index (χ1v) is 8.72. The van der Waals surface area contributed by atoms with Gasteiger partial charge in [-0.1, -0.05) is 19.3 Å². The quantitative estimate of drug-likeness (QED) is 0.873. The van der Waals surface area contributed by atoms with Crippen molar-refractivity contribution < 1.29 is 5.11 Å². The fraction of sp³-hybridized carbons (Fsp3) is 0.667. The number of anilines is 1. The number of likely N-dealkylation sites (tertiary alicyclic amines) is 1. The summed E-state index contributed by atoms with van der Waals surface area (Å²) in [7, 11) is 0. The van der Waals surface area contributed by atoms with Gasteiger partial charge >= 0.3 is 0 Å². The van der Waals surface area contributed by atoms with Gasteiger partial charge < -0.3 is 15.3 Å². The molecule has 124 valence electrons. The number of nitrogens with zero attached hydrogens (tertiary/aromatic N) is 3. The van der Waals surface area contributed by atoms with Crippen LogP contribution in [0.25, 0.3) is 0 Å². The molecule has 1 aromatic heterocycles. The number of nitrogens with one attached hydrogen (secondary N) is 1. The average molecular weight is 314 g/mol. The molecule has 0 amide bonds. The van der Waals surface area contributed by atoms with E-state index in [1.54, 1.807) is 12.3 Å². The first-order valence-electron chi connectivity index (χ1n) is 8.72. The number of hydrogen-bond donors (Lipinski definition) is 2. The number of aliphatic hydroxyl groups is 1. The van der Waals surface area contributed by atoms with Gasteiger partial charge in [0, 0.05) is 25.8 Å². The number of β-amino-alcohol motifs (C(OH)–C–C–N with tert-alkyl or cyclic N) is 1. The van der Waals surface area contributed by atoms with Gasteiger partial charge in [-0.05, 0) is 43.9 Å². The molecule has 0 spiro atoms. The highest BCUT2D eigenvalue weighted by molar-refractivity contribution is 5.38. The van der Waals surface area contributed by atoms with Crippen LogP contribution in [-0.4, -0.2) is 46.8 Å². The van der Waals surface area contributed by atoms with Crippen LogP contribution in [-0.2, 0) is 0 Å². The molecule has 5 heteroatoms. The molecule has 1 atom stereocenters. The summed E-state index contributed by atoms with van der Waals surface area (Å²) >= 11 is 0. The van der Waals surface area contributed by atoms with Gasteiger partial charge in [-0.3, -0.25) is 0 Å². The minimum absolute atomic E-state index is 0.449. The molecule has 23 heavy (non-hydrogen) atoms. The summed E-state index contributed by atoms with van der Waals surface area (Å²) in [5.41, 5.74) is 0.137. The second-order valence-electron chi connectivity index (χ2n) is 7.10. The van der Waals surface area contributed by atoms with E-state index in [9.17, 15) is 5.11 Å². The summed E-state index contributed by atoms with van der Waals surface area (Å²) in [6, 6.07) is 5.72. The molecule has 0 bridgehead atoms. The Kier molecular flexibility index (Phi) is 5.14. The fourth-order valence-electron chi connectivity index (χ4n) is 3.82. The first kappa shape index (κ1) is 16.2. The molecule has 1 saturated carbocycles. The molecule has 1 aromatic rings. The zero-order valence-corrected chi connectivity index (χ0v) is 13.7. The maximum absolute atomic E-state index is 10.7. The normalized spacial score (nSPS) is 24.3. The van der Waals surface area contributed by atoms with Gasteiger partial charge in [0.05, 0.1) is 11.2 Å². The molecule has 2 aliphatic rings. The van der Waals surface area contributed by atoms with Gasteiger partial charge in [-0.15, -0.1) is 0 Å². The van der Waals surface area contributed by atoms with Crippen LogP contribution in [0.2, 0.25) is 0 Å². The molecule has 1 saturated heterocycles. The van der Waals surface area contributed by atoms with E-state index in [1.165, 1.54) is 25.7 Å². The second kappa shape index (κ2) is 7.29. The molecule has 1 aliphatic heterocycles. The van der Waals surface area contributed by atoms with Gasteiger partial charge in [-0.25, -0.2) is 4.98 Å². The molecule has 0 radical (unpaired) electrons. The molecule has 0 aromatic carbocycles. The summed E-state index contributed by atoms with van der Waals surface area (Å²) < 4.78 is 0. The van der Waals surface area contributed by atoms with Crippen molar-refractivity contribution in [3.63, 3.8) is 0 Å². The van der Waals surface area contributed by atoms with Gasteiger partial charge in [-0.2, -0.15) is 5.26 Å². The van der Waals surface area contributed by atoms with Crippen LogP contribution < -0.4 is 5.32 Å². The van der Waals surface area contributed by atoms with Crippen molar-refractivity contribution in [1.82, 2.24) is 9.88 Å². The third-order valence-corrected chi connectivity index (χ3v) is 5.14. The van der Waals surface area contributed by atoms with Crippen molar-refractivity contribution >= 4 is 5.82 Å². The first-order chi connectivity index (χ1) is 11.2. The van der Waals surface area contributed by atoms with E-state index in [0.29, 0.717) is 11.5 Å². The third kappa shape index (κ3) is 4.43. The van der Waals surface area contributed by atoms with Crippen LogP contribution in [0.4, 0.5) is 5.82 Å². The second-order valence-corrected chi connectivity index (χ2v) is 7.10. The van der Waals surface area contributed by atoms with Crippen LogP contribution >= 0.6 is 0 Å². The highest BCUT2D eigenvalue weighted by Gasteiger charge is 2.33. The molecular weight excluding hydrogens is 288 g/mol. The van der Waals surface area contributed by atoms with Crippen molar-refractivity contribution in [2.45, 2.75) is 44.1 Å². The number of rotatable bonds is 5. The van der Waals surface area contributed by atoms with Gasteiger partial charge in [0.2, 0.25) is 0 Å². The maximum Gasteiger partial charge on any atom is 0.125 e. The van der Waals surface area contributed by atoms with Gasteiger partial charge in [0.25, 0.3) is 0 Å². The van der Waals surface area contributed by atoms with E-state index in [0.717, 1.165) is 44.8 Å². The lowest BCUT2D eigenvalue weighted by molar-refractivity contribution is -0.0219. The summed E-state index contributed by atoms with van der Waals surface area (Å²) in [6.07, 6.45) is 8.29. The Morgan fingerprint density at radius 1 is 1.35 bits per heavy atom. The Morgan fingerprint density at radius 2 is 2.17 bits per heavy atom. The monoisotopic (exact) mass is 314 g/mol. The van der Waals surface area contributed by atoms with Gasteiger partial charge in [0.1, 0.15) is 11.9 Å². The number of hydrogen-bond acceptors (Lipinski definition) is 5. The van der Waals surface area contributed by atoms with Crippen LogP contribution in [0, 0.1) is 17.2 Å². The molecule has 3 rings (SSSR count). The minimum Gasteiger partial charge on any atom is -0.389 e. The van der Waals surface area contributed by atoms with Gasteiger partial charge in [0.15, 0.2) is 0 Å². The Labute approximate surface area is 138 Å². The molecule has 2 fully saturated rings. The largest absolute Gasteiger partial charge is 0.389 e. The molecular formula is C18H26N4O. The lowest BCUT2D eigenvalue weighted by atomic mass is 9.84. The SMILES string of the molecule is N#Cc1ccc(NC[C@H]2CCN(CC3(O)CCCCC3)C2)nc1. The van der Waals surface area contributed by atoms with Crippen LogP contribution in [0.5, 0.6) is 0 Å². The lowest BCUT2D eigenvalue weighted by Gasteiger charge is -2.35. The van der Waals surface area contributed by atoms with Crippen LogP contribution in [0.1, 0.15) is 44.1 Å². The Morgan fingerprint density at radius 3 is 2.87 bits per heavy atom. The maximum atomic E-state index is 10.7. The predicted octanol–water partition coefficient (Wildman–Crippen LogP) is 2.38. The standard InChI is InChI=1S/C18H26N4O/c19-10-15-4-5-17(20-11-15)21-12-16-6-9-22(13-16)14-18(23)7-2-1-3-8-18/h4-5,11,16,23H,1-3,6-9,12-14H2,(H,20,21)/t16-/m1/s1. The summed E-state index contributed by atoms with van der Waals surface area (Å²) in [5.74, 6) is 1.42. The van der Waals surface area contributed by atoms with E-state index >= 15 is 0 Å². The predicted molar refractivity (Wildman–Crippen MR) is 90.0 cm³/mol. The Balaban J connectivity index is 1.43. The summed E-state index contributed by atoms with van der Waals surface area (Å²) in [5, 5.41) is 22.8. The fourth-order valence-corrected chi connectivity index (χ4v) is 3.82. The van der Waals surface area contributed by atoms with Crippen molar-refractivity contribution in [3.8, 4) is 6.07 Å². The number of pyridine rings is 1. The zero-order valence-electron chi connectivity index (χ0n) is 13.7. The number of nitriles is 1. The highest BCUT2D eigenvalue weighted by atomic mass is 16.3. The van der Waals surface area contributed by atoms with E-state index in [4.69, 9.17) is 5.26 Å². The topological polar surface area (TPSA) is 72.2 Å². The summed E-state index contributed by atoms with van der Waals surface area (Å²) in [4.78, 5) is 6.67.